The second-order valence-electron chi connectivity index (χ2n) is 5.82. The van der Waals surface area contributed by atoms with E-state index in [4.69, 9.17) is 4.98 Å². The van der Waals surface area contributed by atoms with Crippen LogP contribution in [0.1, 0.15) is 13.3 Å². The van der Waals surface area contributed by atoms with Gasteiger partial charge < -0.3 is 4.55 Å². The fourth-order valence-electron chi connectivity index (χ4n) is 2.77. The lowest BCUT2D eigenvalue weighted by Gasteiger charge is -2.06. The van der Waals surface area contributed by atoms with Crippen molar-refractivity contribution in [1.29, 1.82) is 0 Å². The van der Waals surface area contributed by atoms with Crippen molar-refractivity contribution in [3.8, 4) is 22.6 Å². The van der Waals surface area contributed by atoms with Gasteiger partial charge in [-0.3, -0.25) is 9.97 Å². The van der Waals surface area contributed by atoms with Crippen LogP contribution in [0.2, 0.25) is 0 Å². The van der Waals surface area contributed by atoms with Crippen LogP contribution in [-0.4, -0.2) is 25.3 Å². The molecule has 0 aromatic carbocycles. The molecule has 0 amide bonds. The first-order valence-corrected chi connectivity index (χ1v) is 10.6. The molecule has 0 fully saturated rings. The van der Waals surface area contributed by atoms with E-state index in [9.17, 15) is 4.55 Å². The summed E-state index contributed by atoms with van der Waals surface area (Å²) in [7, 11) is 0. The molecule has 4 rings (SSSR count). The molecular formula is C20H17N3OS2. The molecule has 26 heavy (non-hydrogen) atoms. The van der Waals surface area contributed by atoms with Gasteiger partial charge in [0.2, 0.25) is 4.21 Å². The van der Waals surface area contributed by atoms with Gasteiger partial charge in [-0.05, 0) is 47.9 Å². The zero-order valence-corrected chi connectivity index (χ0v) is 15.9. The molecule has 0 saturated carbocycles. The summed E-state index contributed by atoms with van der Waals surface area (Å²) >= 11 is 0.507. The first kappa shape index (κ1) is 17.1. The number of nitrogens with zero attached hydrogens (tertiary/aromatic N) is 3. The van der Waals surface area contributed by atoms with E-state index in [0.717, 1.165) is 43.5 Å². The third kappa shape index (κ3) is 3.35. The third-order valence-electron chi connectivity index (χ3n) is 3.97. The molecule has 0 aliphatic carbocycles. The molecule has 0 aliphatic rings. The standard InChI is InChI=1S/C20H17N3OS2/c1-2-11-26(24)19-13-15-14(16-7-3-5-9-21-16)12-18(23-20(15)25-19)17-8-4-6-10-22-17/h3-10,12-13H,2,11H2,1H3. The van der Waals surface area contributed by atoms with Crippen LogP contribution >= 0.6 is 11.3 Å². The van der Waals surface area contributed by atoms with Gasteiger partial charge >= 0.3 is 0 Å². The highest BCUT2D eigenvalue weighted by atomic mass is 32.2. The Labute approximate surface area is 159 Å². The van der Waals surface area contributed by atoms with Gasteiger partial charge in [-0.2, -0.15) is 0 Å². The van der Waals surface area contributed by atoms with Gasteiger partial charge in [0.05, 0.1) is 17.1 Å². The van der Waals surface area contributed by atoms with E-state index in [0.29, 0.717) is 5.75 Å². The van der Waals surface area contributed by atoms with E-state index in [2.05, 4.69) is 9.97 Å². The number of fused-ring (bicyclic) bond motifs is 1. The predicted octanol–water partition coefficient (Wildman–Crippen LogP) is 4.94. The molecule has 1 atom stereocenters. The molecule has 0 spiro atoms. The lowest BCUT2D eigenvalue weighted by atomic mass is 10.1. The largest absolute Gasteiger partial charge is 0.611 e. The highest BCUT2D eigenvalue weighted by molar-refractivity contribution is 7.93. The first-order chi connectivity index (χ1) is 12.8. The maximum Gasteiger partial charge on any atom is 0.209 e. The molecule has 130 valence electrons. The normalized spacial score (nSPS) is 12.4. The Morgan fingerprint density at radius 2 is 1.69 bits per heavy atom. The van der Waals surface area contributed by atoms with Gasteiger partial charge in [-0.1, -0.05) is 30.4 Å². The molecule has 0 radical (unpaired) electrons. The maximum absolute atomic E-state index is 12.5. The van der Waals surface area contributed by atoms with Gasteiger partial charge in [0, 0.05) is 29.4 Å². The average Bonchev–Trinajstić information content (AvgIpc) is 3.13. The SMILES string of the molecule is CCC[S+]([O-])c1cc2c(-c3ccccn3)cc(-c3ccccn3)nc2s1. The van der Waals surface area contributed by atoms with Crippen LogP contribution in [-0.2, 0) is 11.2 Å². The van der Waals surface area contributed by atoms with Crippen molar-refractivity contribution >= 4 is 32.7 Å². The van der Waals surface area contributed by atoms with Crippen LogP contribution in [0.3, 0.4) is 0 Å². The minimum absolute atomic E-state index is 0.666. The Morgan fingerprint density at radius 1 is 0.962 bits per heavy atom. The smallest absolute Gasteiger partial charge is 0.209 e. The van der Waals surface area contributed by atoms with E-state index < -0.39 is 11.2 Å². The molecular weight excluding hydrogens is 362 g/mol. The Hall–Kier alpha value is -2.28. The zero-order valence-electron chi connectivity index (χ0n) is 14.3. The quantitative estimate of drug-likeness (QED) is 0.461. The van der Waals surface area contributed by atoms with Gasteiger partial charge in [-0.25, -0.2) is 4.98 Å². The second-order valence-corrected chi connectivity index (χ2v) is 8.65. The van der Waals surface area contributed by atoms with Gasteiger partial charge in [0.25, 0.3) is 0 Å². The van der Waals surface area contributed by atoms with Crippen LogP contribution in [0.15, 0.2) is 65.1 Å². The van der Waals surface area contributed by atoms with Crippen molar-refractivity contribution in [1.82, 2.24) is 15.0 Å². The predicted molar refractivity (Wildman–Crippen MR) is 108 cm³/mol. The summed E-state index contributed by atoms with van der Waals surface area (Å²) in [5, 5.41) is 0.993. The van der Waals surface area contributed by atoms with E-state index in [-0.39, 0.29) is 0 Å². The summed E-state index contributed by atoms with van der Waals surface area (Å²) in [6.07, 6.45) is 4.43. The van der Waals surface area contributed by atoms with E-state index in [1.165, 1.54) is 11.3 Å². The molecule has 4 aromatic heterocycles. The topological polar surface area (TPSA) is 61.7 Å². The fourth-order valence-corrected chi connectivity index (χ4v) is 5.24. The molecule has 6 heteroatoms. The van der Waals surface area contributed by atoms with Gasteiger partial charge in [0.1, 0.15) is 10.6 Å². The van der Waals surface area contributed by atoms with E-state index in [1.807, 2.05) is 55.5 Å². The Balaban J connectivity index is 1.93. The molecule has 0 bridgehead atoms. The lowest BCUT2D eigenvalue weighted by Crippen LogP contribution is -2.03. The second kappa shape index (κ2) is 7.53. The minimum Gasteiger partial charge on any atom is -0.611 e. The van der Waals surface area contributed by atoms with Gasteiger partial charge in [0.15, 0.2) is 0 Å². The Kier molecular flexibility index (Phi) is 4.97. The molecule has 0 N–H and O–H groups in total. The number of hydrogen-bond donors (Lipinski definition) is 0. The first-order valence-electron chi connectivity index (χ1n) is 8.42. The van der Waals surface area contributed by atoms with Gasteiger partial charge in [-0.15, -0.1) is 0 Å². The van der Waals surface area contributed by atoms with Crippen molar-refractivity contribution in [2.75, 3.05) is 5.75 Å². The zero-order chi connectivity index (χ0) is 17.9. The molecule has 4 heterocycles. The highest BCUT2D eigenvalue weighted by Crippen LogP contribution is 2.37. The fraction of sp³-hybridized carbons (Fsp3) is 0.150. The van der Waals surface area contributed by atoms with Crippen molar-refractivity contribution in [2.24, 2.45) is 0 Å². The summed E-state index contributed by atoms with van der Waals surface area (Å²) < 4.78 is 13.3. The van der Waals surface area contributed by atoms with Crippen molar-refractivity contribution in [3.63, 3.8) is 0 Å². The van der Waals surface area contributed by atoms with E-state index in [1.54, 1.807) is 12.4 Å². The minimum atomic E-state index is -0.989. The number of rotatable bonds is 5. The van der Waals surface area contributed by atoms with Crippen LogP contribution in [0.4, 0.5) is 0 Å². The van der Waals surface area contributed by atoms with Crippen LogP contribution in [0.5, 0.6) is 0 Å². The van der Waals surface area contributed by atoms with Crippen molar-refractivity contribution < 1.29 is 4.55 Å². The monoisotopic (exact) mass is 379 g/mol. The van der Waals surface area contributed by atoms with Crippen LogP contribution < -0.4 is 0 Å². The van der Waals surface area contributed by atoms with Crippen LogP contribution in [0.25, 0.3) is 32.9 Å². The summed E-state index contributed by atoms with van der Waals surface area (Å²) in [6.45, 7) is 2.04. The summed E-state index contributed by atoms with van der Waals surface area (Å²) in [4.78, 5) is 14.6. The third-order valence-corrected chi connectivity index (χ3v) is 6.94. The number of aromatic nitrogens is 3. The average molecular weight is 380 g/mol. The maximum atomic E-state index is 12.5. The summed E-state index contributed by atoms with van der Waals surface area (Å²) in [5.74, 6) is 0.666. The number of pyridine rings is 3. The molecule has 4 aromatic rings. The number of hydrogen-bond acceptors (Lipinski definition) is 5. The molecule has 4 nitrogen and oxygen atoms in total. The number of thiophene rings is 1. The molecule has 0 saturated heterocycles. The Bertz CT molecular complexity index is 1020. The summed E-state index contributed by atoms with van der Waals surface area (Å²) in [5.41, 5.74) is 3.49. The van der Waals surface area contributed by atoms with Crippen molar-refractivity contribution in [2.45, 2.75) is 17.6 Å². The molecule has 0 aliphatic heterocycles. The lowest BCUT2D eigenvalue weighted by molar-refractivity contribution is 0.595. The summed E-state index contributed by atoms with van der Waals surface area (Å²) in [6, 6.07) is 15.7. The van der Waals surface area contributed by atoms with Crippen molar-refractivity contribution in [3.05, 3.63) is 60.9 Å². The van der Waals surface area contributed by atoms with Crippen LogP contribution in [0, 0.1) is 0 Å². The molecule has 1 unspecified atom stereocenters. The van der Waals surface area contributed by atoms with E-state index >= 15 is 0 Å². The Morgan fingerprint density at radius 3 is 2.35 bits per heavy atom. The highest BCUT2D eigenvalue weighted by Gasteiger charge is 2.19.